The van der Waals surface area contributed by atoms with Crippen molar-refractivity contribution >= 4 is 23.2 Å². The van der Waals surface area contributed by atoms with Crippen molar-refractivity contribution in [1.82, 2.24) is 9.80 Å². The lowest BCUT2D eigenvalue weighted by molar-refractivity contribution is -0.120. The Kier molecular flexibility index (Phi) is 6.09. The molecule has 3 aromatic carbocycles. The van der Waals surface area contributed by atoms with E-state index >= 15 is 0 Å². The van der Waals surface area contributed by atoms with Crippen molar-refractivity contribution in [3.05, 3.63) is 95.6 Å². The van der Waals surface area contributed by atoms with Crippen molar-refractivity contribution < 1.29 is 9.59 Å². The molecule has 0 radical (unpaired) electrons. The summed E-state index contributed by atoms with van der Waals surface area (Å²) < 4.78 is 0. The Morgan fingerprint density at radius 1 is 0.625 bits per heavy atom. The molecule has 3 aromatic rings. The lowest BCUT2D eigenvalue weighted by Gasteiger charge is -2.34. The molecule has 206 valence electrons. The highest BCUT2D eigenvalue weighted by Gasteiger charge is 2.52. The van der Waals surface area contributed by atoms with Gasteiger partial charge in [0.2, 0.25) is 11.8 Å². The van der Waals surface area contributed by atoms with Gasteiger partial charge in [-0.2, -0.15) is 0 Å². The van der Waals surface area contributed by atoms with E-state index in [0.29, 0.717) is 0 Å². The minimum atomic E-state index is -0.167. The van der Waals surface area contributed by atoms with Gasteiger partial charge in [-0.3, -0.25) is 29.2 Å². The molecule has 4 saturated heterocycles. The van der Waals surface area contributed by atoms with E-state index in [4.69, 9.17) is 0 Å². The summed E-state index contributed by atoms with van der Waals surface area (Å²) in [7, 11) is 0. The molecule has 0 aromatic heterocycles. The third kappa shape index (κ3) is 4.00. The predicted octanol–water partition coefficient (Wildman–Crippen LogP) is 6.00. The van der Waals surface area contributed by atoms with Crippen molar-refractivity contribution in [3.63, 3.8) is 0 Å². The van der Waals surface area contributed by atoms with Gasteiger partial charge in [0.05, 0.1) is 12.1 Å². The van der Waals surface area contributed by atoms with Crippen LogP contribution in [-0.2, 0) is 15.0 Å². The second kappa shape index (κ2) is 9.57. The van der Waals surface area contributed by atoms with E-state index in [0.717, 1.165) is 61.3 Å². The summed E-state index contributed by atoms with van der Waals surface area (Å²) in [5, 5.41) is 0. The number of hydrogen-bond acceptors (Lipinski definition) is 4. The third-order valence-electron chi connectivity index (χ3n) is 9.26. The van der Waals surface area contributed by atoms with Crippen LogP contribution in [0.25, 0.3) is 0 Å². The molecule has 0 bridgehead atoms. The lowest BCUT2D eigenvalue weighted by atomic mass is 9.84. The number of benzene rings is 3. The number of para-hydroxylation sites is 2. The molecule has 4 aliphatic rings. The first-order valence-electron chi connectivity index (χ1n) is 14.8. The molecule has 0 spiro atoms. The molecule has 4 aliphatic heterocycles. The Hall–Kier alpha value is -3.48. The van der Waals surface area contributed by atoms with Gasteiger partial charge >= 0.3 is 0 Å². The van der Waals surface area contributed by atoms with Crippen LogP contribution >= 0.6 is 0 Å². The molecule has 0 N–H and O–H groups in total. The molecular formula is C34H38N4O2. The minimum absolute atomic E-state index is 0.0798. The molecule has 2 amide bonds. The highest BCUT2D eigenvalue weighted by atomic mass is 16.2. The van der Waals surface area contributed by atoms with Crippen LogP contribution in [0.5, 0.6) is 0 Å². The average Bonchev–Trinajstić information content (AvgIpc) is 3.73. The summed E-state index contributed by atoms with van der Waals surface area (Å²) in [4.78, 5) is 36.5. The van der Waals surface area contributed by atoms with Crippen molar-refractivity contribution in [2.45, 2.75) is 76.3 Å². The van der Waals surface area contributed by atoms with Crippen LogP contribution in [0.3, 0.4) is 0 Å². The topological polar surface area (TPSA) is 47.1 Å². The second-order valence-electron chi connectivity index (χ2n) is 12.8. The first-order valence-corrected chi connectivity index (χ1v) is 14.8. The molecule has 6 nitrogen and oxygen atoms in total. The summed E-state index contributed by atoms with van der Waals surface area (Å²) in [5.74, 6) is 0.385. The summed E-state index contributed by atoms with van der Waals surface area (Å²) in [6, 6.07) is 27.0. The zero-order chi connectivity index (χ0) is 27.6. The van der Waals surface area contributed by atoms with Crippen LogP contribution in [0.4, 0.5) is 11.4 Å². The van der Waals surface area contributed by atoms with Crippen LogP contribution in [0, 0.1) is 0 Å². The van der Waals surface area contributed by atoms with Gasteiger partial charge in [-0.25, -0.2) is 0 Å². The Morgan fingerprint density at radius 3 is 1.45 bits per heavy atom. The van der Waals surface area contributed by atoms with Gasteiger partial charge < -0.3 is 0 Å². The van der Waals surface area contributed by atoms with E-state index in [1.54, 1.807) is 0 Å². The van der Waals surface area contributed by atoms with Crippen LogP contribution < -0.4 is 9.80 Å². The van der Waals surface area contributed by atoms with Gasteiger partial charge in [0.1, 0.15) is 12.3 Å². The minimum Gasteiger partial charge on any atom is -0.291 e. The molecule has 4 atom stereocenters. The van der Waals surface area contributed by atoms with Gasteiger partial charge in [0, 0.05) is 24.5 Å². The Labute approximate surface area is 237 Å². The van der Waals surface area contributed by atoms with Crippen LogP contribution in [-0.4, -0.2) is 46.8 Å². The van der Waals surface area contributed by atoms with Crippen molar-refractivity contribution in [2.75, 3.05) is 22.9 Å². The van der Waals surface area contributed by atoms with Crippen LogP contribution in [0.15, 0.2) is 78.9 Å². The van der Waals surface area contributed by atoms with Crippen molar-refractivity contribution in [3.8, 4) is 0 Å². The zero-order valence-corrected chi connectivity index (χ0v) is 23.7. The molecule has 6 heteroatoms. The van der Waals surface area contributed by atoms with Crippen molar-refractivity contribution in [2.24, 2.45) is 0 Å². The van der Waals surface area contributed by atoms with Gasteiger partial charge in [0.15, 0.2) is 0 Å². The smallest absolute Gasteiger partial charge is 0.246 e. The number of rotatable bonds is 4. The fraction of sp³-hybridized carbons (Fsp3) is 0.412. The summed E-state index contributed by atoms with van der Waals surface area (Å²) in [5.41, 5.74) is 5.28. The molecule has 40 heavy (non-hydrogen) atoms. The second-order valence-corrected chi connectivity index (χ2v) is 12.8. The SMILES string of the molecule is CC(C)(C)c1cc([C@H]2N(c3ccccc3)C(=O)[C@@H]3CCCN32)cc([C@H]2N(c3ccccc3)C(=O)[C@@H]3CCCN32)c1. The van der Waals surface area contributed by atoms with E-state index in [-0.39, 0.29) is 41.6 Å². The maximum absolute atomic E-state index is 13.8. The largest absolute Gasteiger partial charge is 0.291 e. The highest BCUT2D eigenvalue weighted by molar-refractivity contribution is 6.01. The fourth-order valence-electron chi connectivity index (χ4n) is 7.36. The Balaban J connectivity index is 1.40. The Bertz CT molecular complexity index is 1330. The fourth-order valence-corrected chi connectivity index (χ4v) is 7.36. The lowest BCUT2D eigenvalue weighted by Crippen LogP contribution is -2.34. The number of fused-ring (bicyclic) bond motifs is 2. The van der Waals surface area contributed by atoms with E-state index in [9.17, 15) is 9.59 Å². The van der Waals surface area contributed by atoms with Gasteiger partial charge in [-0.05, 0) is 78.1 Å². The molecule has 4 fully saturated rings. The number of anilines is 2. The van der Waals surface area contributed by atoms with E-state index in [1.807, 2.05) is 70.5 Å². The summed E-state index contributed by atoms with van der Waals surface area (Å²) in [6.45, 7) is 8.56. The molecule has 4 heterocycles. The average molecular weight is 535 g/mol. The van der Waals surface area contributed by atoms with Crippen LogP contribution in [0.2, 0.25) is 0 Å². The zero-order valence-electron chi connectivity index (χ0n) is 23.7. The summed E-state index contributed by atoms with van der Waals surface area (Å²) in [6.07, 6.45) is 3.54. The molecule has 0 saturated carbocycles. The molecule has 0 aliphatic carbocycles. The molecule has 7 rings (SSSR count). The standard InChI is InChI=1S/C34H38N4O2/c1-34(2,3)25-21-23(30-35-18-10-16-28(35)32(39)37(30)26-12-6-4-7-13-26)20-24(22-25)31-36-19-11-17-29(36)33(40)38(31)27-14-8-5-9-15-27/h4-9,12-15,20-22,28-31H,10-11,16-19H2,1-3H3/t28-,29-,30+,31+/m0/s1. The highest BCUT2D eigenvalue weighted by Crippen LogP contribution is 2.47. The Morgan fingerprint density at radius 2 is 1.05 bits per heavy atom. The maximum Gasteiger partial charge on any atom is 0.246 e. The number of carbonyl (C=O) groups excluding carboxylic acids is 2. The number of nitrogens with zero attached hydrogens (tertiary/aromatic N) is 4. The first kappa shape index (κ1) is 25.5. The third-order valence-corrected chi connectivity index (χ3v) is 9.26. The van der Waals surface area contributed by atoms with Crippen LogP contribution in [0.1, 0.15) is 75.5 Å². The number of carbonyl (C=O) groups is 2. The van der Waals surface area contributed by atoms with E-state index < -0.39 is 0 Å². The quantitative estimate of drug-likeness (QED) is 0.412. The van der Waals surface area contributed by atoms with Gasteiger partial charge in [0.25, 0.3) is 0 Å². The van der Waals surface area contributed by atoms with Crippen molar-refractivity contribution in [1.29, 1.82) is 0 Å². The maximum atomic E-state index is 13.8. The summed E-state index contributed by atoms with van der Waals surface area (Å²) >= 11 is 0. The monoisotopic (exact) mass is 534 g/mol. The molecule has 0 unspecified atom stereocenters. The van der Waals surface area contributed by atoms with E-state index in [1.165, 1.54) is 5.56 Å². The first-order chi connectivity index (χ1) is 19.3. The van der Waals surface area contributed by atoms with Gasteiger partial charge in [-0.15, -0.1) is 0 Å². The van der Waals surface area contributed by atoms with E-state index in [2.05, 4.69) is 48.8 Å². The van der Waals surface area contributed by atoms with Gasteiger partial charge in [-0.1, -0.05) is 69.3 Å². The normalized spacial score (nSPS) is 27.1. The molecular weight excluding hydrogens is 496 g/mol. The number of hydrogen-bond donors (Lipinski definition) is 0. The number of amides is 2. The predicted molar refractivity (Wildman–Crippen MR) is 158 cm³/mol.